The molecule has 6 aromatic rings. The van der Waals surface area contributed by atoms with E-state index in [1.807, 2.05) is 18.2 Å². The van der Waals surface area contributed by atoms with Crippen molar-refractivity contribution >= 4 is 45.1 Å². The van der Waals surface area contributed by atoms with Gasteiger partial charge in [0.25, 0.3) is 0 Å². The fourth-order valence-corrected chi connectivity index (χ4v) is 7.07. The second-order valence-corrected chi connectivity index (χ2v) is 12.7. The van der Waals surface area contributed by atoms with Crippen LogP contribution >= 0.6 is 12.2 Å². The first-order valence-electron chi connectivity index (χ1n) is 16.3. The monoisotopic (exact) mass is 646 g/mol. The van der Waals surface area contributed by atoms with Crippen molar-refractivity contribution in [2.45, 2.75) is 0 Å². The number of hydrogen-bond acceptors (Lipinski definition) is 2. The van der Waals surface area contributed by atoms with Crippen LogP contribution in [-0.2, 0) is 0 Å². The van der Waals surface area contributed by atoms with Crippen LogP contribution in [0.4, 0.5) is 0 Å². The van der Waals surface area contributed by atoms with Gasteiger partial charge in [-0.3, -0.25) is 0 Å². The molecule has 8 bridgehead atoms. The van der Waals surface area contributed by atoms with Crippen molar-refractivity contribution in [2.75, 3.05) is 0 Å². The quantitative estimate of drug-likeness (QED) is 0.167. The van der Waals surface area contributed by atoms with Gasteiger partial charge in [-0.25, -0.2) is 4.99 Å². The second kappa shape index (κ2) is 12.1. The van der Waals surface area contributed by atoms with Crippen LogP contribution in [0.15, 0.2) is 180 Å². The van der Waals surface area contributed by atoms with Crippen LogP contribution in [0.1, 0.15) is 39.5 Å². The van der Waals surface area contributed by atoms with E-state index in [0.29, 0.717) is 0 Å². The summed E-state index contributed by atoms with van der Waals surface area (Å²) in [6, 6.07) is 44.6. The number of aromatic amines is 3. The molecule has 5 heteroatoms. The third-order valence-corrected chi connectivity index (χ3v) is 9.43. The number of rotatable bonds is 3. The van der Waals surface area contributed by atoms with Crippen molar-refractivity contribution in [3.63, 3.8) is 0 Å². The van der Waals surface area contributed by atoms with Gasteiger partial charge >= 0.3 is 0 Å². The predicted octanol–water partition coefficient (Wildman–Crippen LogP) is 8.20. The maximum Gasteiger partial charge on any atom is 0.0737 e. The summed E-state index contributed by atoms with van der Waals surface area (Å²) in [4.78, 5) is 17.6. The Morgan fingerprint density at radius 3 is 1.35 bits per heavy atom. The first-order chi connectivity index (χ1) is 24.2. The lowest BCUT2D eigenvalue weighted by Crippen LogP contribution is -2.17. The highest BCUT2D eigenvalue weighted by Gasteiger charge is 2.23. The van der Waals surface area contributed by atoms with E-state index in [1.165, 1.54) is 0 Å². The van der Waals surface area contributed by atoms with Gasteiger partial charge in [0.05, 0.1) is 11.4 Å². The zero-order chi connectivity index (χ0) is 32.7. The number of aromatic nitrogens is 3. The van der Waals surface area contributed by atoms with Gasteiger partial charge < -0.3 is 15.0 Å². The lowest BCUT2D eigenvalue weighted by Gasteiger charge is -2.12. The van der Waals surface area contributed by atoms with Crippen molar-refractivity contribution < 1.29 is 0 Å². The Labute approximate surface area is 289 Å². The van der Waals surface area contributed by atoms with Crippen molar-refractivity contribution in [3.05, 3.63) is 225 Å². The summed E-state index contributed by atoms with van der Waals surface area (Å²) < 4.78 is 0. The summed E-state index contributed by atoms with van der Waals surface area (Å²) in [7, 11) is 0. The number of H-pyrrole nitrogens is 3. The smallest absolute Gasteiger partial charge is 0.0737 e. The van der Waals surface area contributed by atoms with E-state index in [2.05, 4.69) is 161 Å². The van der Waals surface area contributed by atoms with Gasteiger partial charge in [-0.05, 0) is 83.0 Å². The molecule has 9 rings (SSSR count). The number of nitrogens with one attached hydrogen (secondary N) is 3. The fraction of sp³-hybridized carbons (Fsp3) is 0. The van der Waals surface area contributed by atoms with Gasteiger partial charge in [0.2, 0.25) is 0 Å². The number of thiocarbonyl (C=S) groups is 1. The van der Waals surface area contributed by atoms with E-state index in [4.69, 9.17) is 17.2 Å². The lowest BCUT2D eigenvalue weighted by molar-refractivity contribution is 1.20. The topological polar surface area (TPSA) is 59.7 Å². The molecular weight excluding hydrogens is 617 g/mol. The standard InChI is InChI=1S/C44H30N4S/c49-32-18-16-31(17-19-32)44-39-26-24-37(47-39)42(29-12-6-2-7-13-29)35-22-20-33(45-35)41(28-10-4-1-5-11-28)34-21-23-36(46-34)43(30-14-8-3-9-15-30)38-25-27-40(44)48-38/h1-27,45-47H/b41-33-,42-35-,43-38-. The Hall–Kier alpha value is -6.30. The minimum Gasteiger partial charge on any atom is -0.354 e. The van der Waals surface area contributed by atoms with E-state index < -0.39 is 0 Å². The predicted molar refractivity (Wildman–Crippen MR) is 205 cm³/mol. The van der Waals surface area contributed by atoms with Crippen LogP contribution < -0.4 is 10.7 Å². The van der Waals surface area contributed by atoms with Crippen LogP contribution in [0, 0.1) is 0 Å². The molecule has 0 unspecified atom stereocenters. The maximum absolute atomic E-state index is 5.47. The molecule has 49 heavy (non-hydrogen) atoms. The third-order valence-electron chi connectivity index (χ3n) is 9.16. The molecule has 0 saturated heterocycles. The van der Waals surface area contributed by atoms with Crippen LogP contribution in [-0.4, -0.2) is 25.5 Å². The molecule has 3 N–H and O–H groups in total. The van der Waals surface area contributed by atoms with E-state index in [-0.39, 0.29) is 0 Å². The summed E-state index contributed by atoms with van der Waals surface area (Å²) in [5.74, 6) is 0. The molecule has 2 aliphatic heterocycles. The Balaban J connectivity index is 1.41. The molecule has 3 aromatic heterocycles. The zero-order valence-electron chi connectivity index (χ0n) is 26.4. The fourth-order valence-electron chi connectivity index (χ4n) is 6.93. The molecule has 1 aliphatic carbocycles. The van der Waals surface area contributed by atoms with Crippen LogP contribution in [0.5, 0.6) is 0 Å². The molecule has 4 nitrogen and oxygen atoms in total. The SMILES string of the molecule is S=C1C=CC(=C2C3=N/C(=C(/c4ccccc4)c4ccc([nH]4)/C(c4ccccc4)=c4/cc/c([nH]4)=C(\c4ccccc4)c4ccc2[nH]4)C=C3)C=C1. The van der Waals surface area contributed by atoms with E-state index in [0.717, 1.165) is 94.3 Å². The minimum atomic E-state index is 0.803. The highest BCUT2D eigenvalue weighted by molar-refractivity contribution is 7.81. The van der Waals surface area contributed by atoms with E-state index >= 15 is 0 Å². The highest BCUT2D eigenvalue weighted by Crippen LogP contribution is 2.35. The number of allylic oxidation sites excluding steroid dienone is 8. The summed E-state index contributed by atoms with van der Waals surface area (Å²) in [6.07, 6.45) is 12.4. The maximum atomic E-state index is 5.47. The first-order valence-corrected chi connectivity index (χ1v) is 16.8. The summed E-state index contributed by atoms with van der Waals surface area (Å²) in [5, 5.41) is 2.04. The Morgan fingerprint density at radius 2 is 0.837 bits per heavy atom. The van der Waals surface area contributed by atoms with Crippen LogP contribution in [0.2, 0.25) is 0 Å². The van der Waals surface area contributed by atoms with Gasteiger partial charge in [-0.2, -0.15) is 0 Å². The van der Waals surface area contributed by atoms with E-state index in [1.54, 1.807) is 0 Å². The van der Waals surface area contributed by atoms with Gasteiger partial charge in [-0.1, -0.05) is 115 Å². The Morgan fingerprint density at radius 1 is 0.388 bits per heavy atom. The number of benzene rings is 3. The average Bonchev–Trinajstić information content (AvgIpc) is 3.98. The van der Waals surface area contributed by atoms with Crippen LogP contribution in [0.25, 0.3) is 22.3 Å². The molecule has 3 aromatic carbocycles. The van der Waals surface area contributed by atoms with Crippen molar-refractivity contribution in [1.82, 2.24) is 15.0 Å². The van der Waals surface area contributed by atoms with Gasteiger partial charge in [0.1, 0.15) is 0 Å². The molecule has 0 spiro atoms. The zero-order valence-corrected chi connectivity index (χ0v) is 27.3. The molecule has 0 amide bonds. The summed E-state index contributed by atoms with van der Waals surface area (Å²) in [6.45, 7) is 0. The van der Waals surface area contributed by atoms with Gasteiger partial charge in [0, 0.05) is 60.6 Å². The van der Waals surface area contributed by atoms with Gasteiger partial charge in [-0.15, -0.1) is 0 Å². The minimum absolute atomic E-state index is 0.803. The molecule has 0 radical (unpaired) electrons. The van der Waals surface area contributed by atoms with E-state index in [9.17, 15) is 0 Å². The number of hydrogen-bond donors (Lipinski definition) is 3. The van der Waals surface area contributed by atoms with Crippen molar-refractivity contribution in [1.29, 1.82) is 0 Å². The molecule has 232 valence electrons. The average molecular weight is 647 g/mol. The van der Waals surface area contributed by atoms with Gasteiger partial charge in [0.15, 0.2) is 0 Å². The largest absolute Gasteiger partial charge is 0.354 e. The number of aliphatic imine (C=N–C) groups is 1. The van der Waals surface area contributed by atoms with Crippen molar-refractivity contribution in [2.24, 2.45) is 4.99 Å². The second-order valence-electron chi connectivity index (χ2n) is 12.2. The Kier molecular flexibility index (Phi) is 7.11. The Bertz CT molecular complexity index is 2560. The third kappa shape index (κ3) is 5.27. The normalized spacial score (nSPS) is 19.1. The summed E-state index contributed by atoms with van der Waals surface area (Å²) in [5.41, 5.74) is 14.4. The lowest BCUT2D eigenvalue weighted by atomic mass is 9.97. The molecular formula is C44H30N4S. The highest BCUT2D eigenvalue weighted by atomic mass is 32.1. The van der Waals surface area contributed by atoms with Crippen molar-refractivity contribution in [3.8, 4) is 0 Å². The molecule has 0 atom stereocenters. The number of fused-ring (bicyclic) bond motifs is 7. The molecule has 5 heterocycles. The number of nitrogens with zero attached hydrogens (tertiary/aromatic N) is 1. The summed E-state index contributed by atoms with van der Waals surface area (Å²) >= 11 is 5.47. The first kappa shape index (κ1) is 28.9. The van der Waals surface area contributed by atoms with Crippen LogP contribution in [0.3, 0.4) is 0 Å². The molecule has 0 fully saturated rings. The molecule has 0 saturated carbocycles. The molecule has 3 aliphatic rings.